The molecule has 0 amide bonds. The highest BCUT2D eigenvalue weighted by Gasteiger charge is 2.25. The fourth-order valence-electron chi connectivity index (χ4n) is 9.15. The number of ether oxygens (including phenoxy) is 2. The van der Waals surface area contributed by atoms with E-state index in [1.807, 2.05) is 0 Å². The van der Waals surface area contributed by atoms with Gasteiger partial charge in [0.1, 0.15) is 6.10 Å². The van der Waals surface area contributed by atoms with Crippen molar-refractivity contribution in [3.05, 3.63) is 24.3 Å². The Morgan fingerprint density at radius 1 is 0.435 bits per heavy atom. The fraction of sp³-hybridized carbons (Fsp3) is 0.917. The molecule has 0 aliphatic rings. The van der Waals surface area contributed by atoms with Crippen molar-refractivity contribution in [1.82, 2.24) is 0 Å². The van der Waals surface area contributed by atoms with Gasteiger partial charge in [0.2, 0.25) is 0 Å². The second-order valence-corrected chi connectivity index (χ2v) is 22.0. The molecule has 0 spiro atoms. The van der Waals surface area contributed by atoms with Gasteiger partial charge in [-0.25, -0.2) is 4.57 Å². The summed E-state index contributed by atoms with van der Waals surface area (Å²) >= 11 is 0. The van der Waals surface area contributed by atoms with E-state index >= 15 is 0 Å². The molecule has 9 heteroatoms. The molecule has 0 heterocycles. The maximum atomic E-state index is 12.7. The van der Waals surface area contributed by atoms with Crippen molar-refractivity contribution < 1.29 is 32.8 Å². The van der Waals surface area contributed by atoms with Crippen molar-refractivity contribution in [2.45, 2.75) is 322 Å². The second kappa shape index (κ2) is 57.9. The molecular weight excluding hydrogens is 878 g/mol. The van der Waals surface area contributed by atoms with Gasteiger partial charge in [-0.15, -0.1) is 0 Å². The van der Waals surface area contributed by atoms with Crippen molar-refractivity contribution in [3.63, 3.8) is 0 Å². The van der Waals surface area contributed by atoms with E-state index in [9.17, 15) is 14.3 Å². The molecule has 0 aromatic carbocycles. The molecular formula is C60H118NO7P. The van der Waals surface area contributed by atoms with Crippen LogP contribution in [0.1, 0.15) is 316 Å². The molecule has 8 nitrogen and oxygen atoms in total. The molecule has 0 aliphatic heterocycles. The van der Waals surface area contributed by atoms with E-state index < -0.39 is 13.9 Å². The van der Waals surface area contributed by atoms with E-state index in [4.69, 9.17) is 24.3 Å². The minimum Gasteiger partial charge on any atom is -0.457 e. The molecule has 2 unspecified atom stereocenters. The summed E-state index contributed by atoms with van der Waals surface area (Å²) in [5.74, 6) is -0.321. The van der Waals surface area contributed by atoms with E-state index in [-0.39, 0.29) is 32.3 Å². The maximum absolute atomic E-state index is 12.7. The Labute approximate surface area is 429 Å². The lowest BCUT2D eigenvalue weighted by Gasteiger charge is -2.20. The topological polar surface area (TPSA) is 117 Å². The number of carbonyl (C=O) groups is 1. The number of hydrogen-bond donors (Lipinski definition) is 2. The van der Waals surface area contributed by atoms with Gasteiger partial charge in [-0.05, 0) is 44.9 Å². The van der Waals surface area contributed by atoms with E-state index in [1.165, 1.54) is 257 Å². The number of esters is 1. The summed E-state index contributed by atoms with van der Waals surface area (Å²) in [4.78, 5) is 22.7. The molecule has 410 valence electrons. The second-order valence-electron chi connectivity index (χ2n) is 20.6. The zero-order chi connectivity index (χ0) is 50.1. The Bertz CT molecular complexity index is 1120. The summed E-state index contributed by atoms with van der Waals surface area (Å²) in [6.45, 7) is 4.99. The van der Waals surface area contributed by atoms with Crippen LogP contribution in [0.25, 0.3) is 0 Å². The lowest BCUT2D eigenvalue weighted by atomic mass is 10.0. The molecule has 0 fully saturated rings. The molecule has 3 N–H and O–H groups in total. The van der Waals surface area contributed by atoms with Crippen LogP contribution in [-0.2, 0) is 27.9 Å². The summed E-state index contributed by atoms with van der Waals surface area (Å²) in [5.41, 5.74) is 5.41. The molecule has 0 radical (unpaired) electrons. The van der Waals surface area contributed by atoms with Gasteiger partial charge in [0, 0.05) is 19.6 Å². The van der Waals surface area contributed by atoms with Gasteiger partial charge >= 0.3 is 13.8 Å². The van der Waals surface area contributed by atoms with E-state index in [2.05, 4.69) is 38.2 Å². The van der Waals surface area contributed by atoms with Crippen LogP contribution in [-0.4, -0.2) is 49.9 Å². The number of carbonyl (C=O) groups excluding carboxylic acids is 1. The van der Waals surface area contributed by atoms with Gasteiger partial charge in [0.05, 0.1) is 19.8 Å². The molecule has 0 saturated heterocycles. The third kappa shape index (κ3) is 57.8. The summed E-state index contributed by atoms with van der Waals surface area (Å²) in [6, 6.07) is 0. The van der Waals surface area contributed by atoms with Crippen molar-refractivity contribution in [2.75, 3.05) is 33.0 Å². The van der Waals surface area contributed by atoms with Gasteiger partial charge in [-0.1, -0.05) is 289 Å². The molecule has 0 aromatic rings. The van der Waals surface area contributed by atoms with Gasteiger partial charge < -0.3 is 20.1 Å². The molecule has 0 aliphatic carbocycles. The van der Waals surface area contributed by atoms with Crippen LogP contribution in [0.5, 0.6) is 0 Å². The Morgan fingerprint density at radius 3 is 1.13 bits per heavy atom. The highest BCUT2D eigenvalue weighted by atomic mass is 31.2. The minimum absolute atomic E-state index is 0.0921. The van der Waals surface area contributed by atoms with Gasteiger partial charge in [0.15, 0.2) is 0 Å². The van der Waals surface area contributed by atoms with Crippen molar-refractivity contribution >= 4 is 13.8 Å². The first kappa shape index (κ1) is 68.0. The number of phosphoric ester groups is 1. The smallest absolute Gasteiger partial charge is 0.457 e. The third-order valence-corrected chi connectivity index (χ3v) is 14.6. The lowest BCUT2D eigenvalue weighted by molar-refractivity contribution is -0.154. The Balaban J connectivity index is 3.82. The van der Waals surface area contributed by atoms with Crippen molar-refractivity contribution in [1.29, 1.82) is 0 Å². The third-order valence-electron chi connectivity index (χ3n) is 13.6. The molecule has 69 heavy (non-hydrogen) atoms. The monoisotopic (exact) mass is 996 g/mol. The normalized spacial score (nSPS) is 13.3. The largest absolute Gasteiger partial charge is 0.472 e. The van der Waals surface area contributed by atoms with Crippen LogP contribution in [0, 0.1) is 0 Å². The lowest BCUT2D eigenvalue weighted by Crippen LogP contribution is -2.28. The predicted octanol–water partition coefficient (Wildman–Crippen LogP) is 19.5. The maximum Gasteiger partial charge on any atom is 0.472 e. The molecule has 0 aromatic heterocycles. The van der Waals surface area contributed by atoms with Crippen molar-refractivity contribution in [2.24, 2.45) is 5.73 Å². The first-order valence-electron chi connectivity index (χ1n) is 30.3. The summed E-state index contributed by atoms with van der Waals surface area (Å²) in [6.07, 6.45) is 69.6. The van der Waals surface area contributed by atoms with Crippen LogP contribution in [0.2, 0.25) is 0 Å². The average molecular weight is 997 g/mol. The molecule has 0 rings (SSSR count). The number of rotatable bonds is 59. The van der Waals surface area contributed by atoms with E-state index in [0.717, 1.165) is 38.5 Å². The standard InChI is InChI=1S/C60H118NO7P/c1-3-5-7-9-11-13-15-17-19-21-23-25-27-29-30-32-34-36-38-40-42-44-46-48-50-52-55-65-57-59(58-67-69(63,64)66-56-54-61)68-60(62)53-51-49-47-45-43-41-39-37-35-33-31-28-26-24-22-20-18-16-14-12-10-8-6-4-2/h15,17,21,23,59H,3-14,16,18-20,22,24-58,61H2,1-2H3,(H,63,64)/b17-15-,23-21-. The molecule has 2 atom stereocenters. The van der Waals surface area contributed by atoms with Crippen molar-refractivity contribution in [3.8, 4) is 0 Å². The van der Waals surface area contributed by atoms with Gasteiger partial charge in [-0.2, -0.15) is 0 Å². The zero-order valence-electron chi connectivity index (χ0n) is 46.1. The SMILES string of the molecule is CCCCCCC/C=C\C/C=C\CCCCCCCCCCCCCCCCOCC(COP(=O)(O)OCCN)OC(=O)CCCCCCCCCCCCCCCCCCCCCCCCCC. The van der Waals surface area contributed by atoms with Gasteiger partial charge in [0.25, 0.3) is 0 Å². The summed E-state index contributed by atoms with van der Waals surface area (Å²) < 4.78 is 33.7. The first-order chi connectivity index (χ1) is 33.9. The molecule has 0 bridgehead atoms. The van der Waals surface area contributed by atoms with Crippen LogP contribution in [0.15, 0.2) is 24.3 Å². The fourth-order valence-corrected chi connectivity index (χ4v) is 9.92. The van der Waals surface area contributed by atoms with Gasteiger partial charge in [-0.3, -0.25) is 13.8 Å². The Morgan fingerprint density at radius 2 is 0.768 bits per heavy atom. The van der Waals surface area contributed by atoms with E-state index in [1.54, 1.807) is 0 Å². The number of phosphoric acid groups is 1. The first-order valence-corrected chi connectivity index (χ1v) is 31.8. The number of hydrogen-bond acceptors (Lipinski definition) is 7. The average Bonchev–Trinajstić information content (AvgIpc) is 3.34. The van der Waals surface area contributed by atoms with Crippen LogP contribution >= 0.6 is 7.82 Å². The highest BCUT2D eigenvalue weighted by Crippen LogP contribution is 2.43. The van der Waals surface area contributed by atoms with E-state index in [0.29, 0.717) is 13.0 Å². The number of unbranched alkanes of at least 4 members (excludes halogenated alkanes) is 42. The zero-order valence-corrected chi connectivity index (χ0v) is 47.0. The number of nitrogens with two attached hydrogens (primary N) is 1. The Hall–Kier alpha value is -1.02. The predicted molar refractivity (Wildman–Crippen MR) is 298 cm³/mol. The number of allylic oxidation sites excluding steroid dienone is 4. The minimum atomic E-state index is -4.28. The summed E-state index contributed by atoms with van der Waals surface area (Å²) in [5, 5.41) is 0. The van der Waals surface area contributed by atoms with Crippen LogP contribution < -0.4 is 5.73 Å². The molecule has 0 saturated carbocycles. The quantitative estimate of drug-likeness (QED) is 0.0268. The highest BCUT2D eigenvalue weighted by molar-refractivity contribution is 7.47. The summed E-state index contributed by atoms with van der Waals surface area (Å²) in [7, 11) is -4.28. The van der Waals surface area contributed by atoms with Crippen LogP contribution in [0.4, 0.5) is 0 Å². The Kier molecular flexibility index (Phi) is 57.0. The van der Waals surface area contributed by atoms with Crippen LogP contribution in [0.3, 0.4) is 0 Å².